The molecule has 39 heavy (non-hydrogen) atoms. The zero-order valence-electron chi connectivity index (χ0n) is 21.9. The van der Waals surface area contributed by atoms with E-state index in [9.17, 15) is 19.5 Å². The second-order valence-electron chi connectivity index (χ2n) is 10.8. The van der Waals surface area contributed by atoms with Gasteiger partial charge in [0.1, 0.15) is 6.04 Å². The molecule has 2 amide bonds. The maximum absolute atomic E-state index is 14.5. The number of unbranched alkanes of at least 4 members (excludes halogenated alkanes) is 1. The van der Waals surface area contributed by atoms with Crippen LogP contribution in [-0.2, 0) is 19.1 Å². The molecule has 6 rings (SSSR count). The predicted molar refractivity (Wildman–Crippen MR) is 152 cm³/mol. The first-order valence-corrected chi connectivity index (χ1v) is 14.8. The number of rotatable bonds is 5. The molecular formula is C31H34N2O5S. The number of esters is 1. The van der Waals surface area contributed by atoms with Crippen LogP contribution in [0.4, 0.5) is 5.69 Å². The molecule has 7 nitrogen and oxygen atoms in total. The van der Waals surface area contributed by atoms with Gasteiger partial charge in [-0.05, 0) is 55.0 Å². The molecule has 2 aromatic rings. The number of ether oxygens (including phenoxy) is 1. The first kappa shape index (κ1) is 26.1. The Morgan fingerprint density at radius 2 is 1.85 bits per heavy atom. The summed E-state index contributed by atoms with van der Waals surface area (Å²) in [5.74, 6) is -1.98. The first-order valence-electron chi connectivity index (χ1n) is 14.0. The normalized spacial score (nSPS) is 31.5. The van der Waals surface area contributed by atoms with Gasteiger partial charge in [0.15, 0.2) is 0 Å². The van der Waals surface area contributed by atoms with E-state index in [-0.39, 0.29) is 29.6 Å². The number of fused-ring (bicyclic) bond motifs is 3. The summed E-state index contributed by atoms with van der Waals surface area (Å²) in [6, 6.07) is 13.3. The van der Waals surface area contributed by atoms with Gasteiger partial charge in [-0.3, -0.25) is 14.4 Å². The number of anilines is 1. The molecule has 1 N–H and O–H groups in total. The highest BCUT2D eigenvalue weighted by Gasteiger charge is 2.70. The number of amides is 2. The third kappa shape index (κ3) is 4.47. The monoisotopic (exact) mass is 546 g/mol. The number of cyclic esters (lactones) is 1. The minimum atomic E-state index is -0.869. The van der Waals surface area contributed by atoms with E-state index in [0.29, 0.717) is 32.5 Å². The van der Waals surface area contributed by atoms with Gasteiger partial charge in [0.05, 0.1) is 23.2 Å². The second kappa shape index (κ2) is 10.8. The fraction of sp³-hybridized carbons (Fsp3) is 0.452. The number of carbonyl (C=O) groups is 3. The summed E-state index contributed by atoms with van der Waals surface area (Å²) in [7, 11) is 0. The molecule has 0 aliphatic carbocycles. The van der Waals surface area contributed by atoms with Crippen molar-refractivity contribution in [2.75, 3.05) is 31.2 Å². The van der Waals surface area contributed by atoms with Crippen molar-refractivity contribution in [2.24, 2.45) is 11.8 Å². The fourth-order valence-corrected chi connectivity index (χ4v) is 8.63. The second-order valence-corrected chi connectivity index (χ2v) is 12.3. The number of hydrogen-bond acceptors (Lipinski definition) is 6. The Morgan fingerprint density at radius 1 is 1.00 bits per heavy atom. The summed E-state index contributed by atoms with van der Waals surface area (Å²) in [6.07, 6.45) is 11.9. The molecule has 0 saturated carbocycles. The maximum atomic E-state index is 14.5. The van der Waals surface area contributed by atoms with Crippen LogP contribution in [0.3, 0.4) is 0 Å². The lowest BCUT2D eigenvalue weighted by Gasteiger charge is -2.35. The smallest absolute Gasteiger partial charge is 0.311 e. The number of carbonyl (C=O) groups excluding carboxylic acids is 3. The Morgan fingerprint density at radius 3 is 2.69 bits per heavy atom. The van der Waals surface area contributed by atoms with Crippen molar-refractivity contribution < 1.29 is 24.2 Å². The largest absolute Gasteiger partial charge is 0.465 e. The van der Waals surface area contributed by atoms with Gasteiger partial charge in [-0.2, -0.15) is 0 Å². The number of hydrogen-bond donors (Lipinski definition) is 1. The van der Waals surface area contributed by atoms with E-state index < -0.39 is 22.6 Å². The summed E-state index contributed by atoms with van der Waals surface area (Å²) < 4.78 is 4.81. The summed E-state index contributed by atoms with van der Waals surface area (Å²) in [6.45, 7) is 1.12. The number of allylic oxidation sites excluding steroid dienone is 1. The highest BCUT2D eigenvalue weighted by atomic mass is 32.2. The Labute approximate surface area is 232 Å². The average molecular weight is 547 g/mol. The van der Waals surface area contributed by atoms with E-state index in [1.807, 2.05) is 54.6 Å². The fourth-order valence-electron chi connectivity index (χ4n) is 6.63. The summed E-state index contributed by atoms with van der Waals surface area (Å²) in [4.78, 5) is 45.6. The Hall–Kier alpha value is -3.10. The van der Waals surface area contributed by atoms with Crippen LogP contribution in [0.5, 0.6) is 0 Å². The quantitative estimate of drug-likeness (QED) is 0.345. The van der Waals surface area contributed by atoms with Crippen molar-refractivity contribution in [1.29, 1.82) is 0 Å². The highest BCUT2D eigenvalue weighted by Crippen LogP contribution is 2.60. The van der Waals surface area contributed by atoms with Gasteiger partial charge < -0.3 is 19.6 Å². The van der Waals surface area contributed by atoms with Crippen LogP contribution in [0.15, 0.2) is 66.8 Å². The molecule has 4 heterocycles. The zero-order valence-corrected chi connectivity index (χ0v) is 22.7. The molecule has 5 atom stereocenters. The summed E-state index contributed by atoms with van der Waals surface area (Å²) in [5, 5.41) is 11.3. The van der Waals surface area contributed by atoms with Crippen LogP contribution in [0.1, 0.15) is 32.1 Å². The van der Waals surface area contributed by atoms with Gasteiger partial charge in [0, 0.05) is 30.6 Å². The van der Waals surface area contributed by atoms with Crippen LogP contribution < -0.4 is 4.90 Å². The van der Waals surface area contributed by atoms with Crippen molar-refractivity contribution in [3.8, 4) is 0 Å². The van der Waals surface area contributed by atoms with E-state index in [2.05, 4.69) is 12.2 Å². The number of nitrogens with zero attached hydrogens (tertiary/aromatic N) is 2. The van der Waals surface area contributed by atoms with Gasteiger partial charge in [-0.15, -0.1) is 11.8 Å². The number of aliphatic hydroxyl groups excluding tert-OH is 1. The maximum Gasteiger partial charge on any atom is 0.311 e. The topological polar surface area (TPSA) is 87.2 Å². The van der Waals surface area contributed by atoms with Crippen molar-refractivity contribution in [1.82, 2.24) is 4.90 Å². The van der Waals surface area contributed by atoms with E-state index in [4.69, 9.17) is 4.74 Å². The van der Waals surface area contributed by atoms with Crippen LogP contribution in [0, 0.1) is 11.8 Å². The molecule has 0 bridgehead atoms. The lowest BCUT2D eigenvalue weighted by molar-refractivity contribution is -0.153. The lowest BCUT2D eigenvalue weighted by atomic mass is 9.78. The summed E-state index contributed by atoms with van der Waals surface area (Å²) in [5.41, 5.74) is 0.785. The molecule has 0 aromatic heterocycles. The van der Waals surface area contributed by atoms with E-state index in [0.717, 1.165) is 35.7 Å². The van der Waals surface area contributed by atoms with Crippen LogP contribution in [0.25, 0.3) is 10.8 Å². The molecule has 2 saturated heterocycles. The van der Waals surface area contributed by atoms with Crippen molar-refractivity contribution in [2.45, 2.75) is 48.1 Å². The molecule has 204 valence electrons. The molecule has 4 aliphatic rings. The molecule has 8 heteroatoms. The number of likely N-dealkylation sites (tertiary alicyclic amines) is 1. The van der Waals surface area contributed by atoms with Crippen molar-refractivity contribution in [3.63, 3.8) is 0 Å². The highest BCUT2D eigenvalue weighted by molar-refractivity contribution is 8.02. The minimum Gasteiger partial charge on any atom is -0.465 e. The first-order chi connectivity index (χ1) is 19.0. The number of aliphatic hydroxyl groups is 1. The van der Waals surface area contributed by atoms with E-state index in [1.54, 1.807) is 21.6 Å². The van der Waals surface area contributed by atoms with Gasteiger partial charge in [-0.1, -0.05) is 54.6 Å². The molecule has 1 unspecified atom stereocenters. The van der Waals surface area contributed by atoms with E-state index in [1.165, 1.54) is 0 Å². The SMILES string of the molecule is O=C1OCCCC/C=C\[C@H]2S[C@]34C=CCN(c5ccc6ccccc6c5)C(=O)C3N(CCCCO)C(=O)[C@@H]4[C@@H]12. The lowest BCUT2D eigenvalue weighted by Crippen LogP contribution is -2.53. The molecule has 2 aromatic carbocycles. The number of thioether (sulfide) groups is 1. The molecule has 4 aliphatic heterocycles. The summed E-state index contributed by atoms with van der Waals surface area (Å²) >= 11 is 1.57. The van der Waals surface area contributed by atoms with Crippen molar-refractivity contribution in [3.05, 3.63) is 66.8 Å². The minimum absolute atomic E-state index is 0.0227. The van der Waals surface area contributed by atoms with Gasteiger partial charge in [-0.25, -0.2) is 0 Å². The molecule has 0 radical (unpaired) electrons. The zero-order chi connectivity index (χ0) is 27.0. The molecule has 2 fully saturated rings. The van der Waals surface area contributed by atoms with E-state index >= 15 is 0 Å². The Balaban J connectivity index is 1.42. The number of benzene rings is 2. The average Bonchev–Trinajstić information content (AvgIpc) is 3.33. The third-order valence-electron chi connectivity index (χ3n) is 8.45. The molecular weight excluding hydrogens is 512 g/mol. The molecule has 1 spiro atoms. The Kier molecular flexibility index (Phi) is 7.25. The Bertz CT molecular complexity index is 1340. The van der Waals surface area contributed by atoms with Crippen LogP contribution >= 0.6 is 11.8 Å². The third-order valence-corrected chi connectivity index (χ3v) is 10.2. The van der Waals surface area contributed by atoms with Gasteiger partial charge in [0.2, 0.25) is 5.91 Å². The van der Waals surface area contributed by atoms with Crippen molar-refractivity contribution >= 4 is 46.0 Å². The van der Waals surface area contributed by atoms with Crippen LogP contribution in [0.2, 0.25) is 0 Å². The van der Waals surface area contributed by atoms with Gasteiger partial charge >= 0.3 is 5.97 Å². The predicted octanol–water partition coefficient (Wildman–Crippen LogP) is 4.10. The standard InChI is InChI=1S/C31H34N2O5S/c34-18-7-6-16-33-27-29(36)32(23-14-13-21-10-4-5-11-22(21)20-23)17-9-15-31(27)26(28(33)35)25-24(39-31)12-3-1-2-8-19-38-30(25)37/h3-5,9-15,20,24-27,34H,1-2,6-8,16-19H2/b12-3-/t24-,25+,26+,27?,31+/m1/s1. The van der Waals surface area contributed by atoms with Gasteiger partial charge in [0.25, 0.3) is 5.91 Å². The van der Waals surface area contributed by atoms with Crippen LogP contribution in [-0.4, -0.2) is 70.1 Å².